The van der Waals surface area contributed by atoms with Gasteiger partial charge in [-0.1, -0.05) is 36.4 Å². The Balaban J connectivity index is 1.53. The van der Waals surface area contributed by atoms with Crippen molar-refractivity contribution in [3.05, 3.63) is 65.7 Å². The minimum atomic E-state index is -3.73. The molecule has 0 spiro atoms. The van der Waals surface area contributed by atoms with Crippen LogP contribution in [0.15, 0.2) is 59.5 Å². The largest absolute Gasteiger partial charge is 0.352 e. The monoisotopic (exact) mass is 415 g/mol. The second kappa shape index (κ2) is 9.67. The van der Waals surface area contributed by atoms with Crippen LogP contribution in [0.25, 0.3) is 0 Å². The summed E-state index contributed by atoms with van der Waals surface area (Å²) < 4.78 is 27.6. The second-order valence-corrected chi connectivity index (χ2v) is 8.70. The van der Waals surface area contributed by atoms with Crippen LogP contribution in [-0.2, 0) is 21.4 Å². The number of carbonyl (C=O) groups is 2. The van der Waals surface area contributed by atoms with E-state index in [2.05, 4.69) is 10.0 Å². The third-order valence-electron chi connectivity index (χ3n) is 4.78. The molecule has 1 heterocycles. The molecule has 3 rings (SSSR count). The van der Waals surface area contributed by atoms with Gasteiger partial charge in [0.05, 0.1) is 4.90 Å². The van der Waals surface area contributed by atoms with Gasteiger partial charge in [0.1, 0.15) is 0 Å². The fourth-order valence-corrected chi connectivity index (χ4v) is 4.24. The highest BCUT2D eigenvalue weighted by Gasteiger charge is 2.19. The molecular formula is C21H25N3O4S. The van der Waals surface area contributed by atoms with Gasteiger partial charge in [-0.3, -0.25) is 9.59 Å². The highest BCUT2D eigenvalue weighted by atomic mass is 32.2. The van der Waals surface area contributed by atoms with E-state index in [-0.39, 0.29) is 28.8 Å². The smallest absolute Gasteiger partial charge is 0.251 e. The summed E-state index contributed by atoms with van der Waals surface area (Å²) in [7, 11) is -3.73. The van der Waals surface area contributed by atoms with Crippen LogP contribution in [0.4, 0.5) is 0 Å². The van der Waals surface area contributed by atoms with E-state index in [4.69, 9.17) is 0 Å². The summed E-state index contributed by atoms with van der Waals surface area (Å²) in [6, 6.07) is 15.2. The van der Waals surface area contributed by atoms with Crippen LogP contribution in [-0.4, -0.2) is 44.8 Å². The molecule has 8 heteroatoms. The Kier molecular flexibility index (Phi) is 7.00. The lowest BCUT2D eigenvalue weighted by Gasteiger charge is -2.15. The van der Waals surface area contributed by atoms with Gasteiger partial charge in [0, 0.05) is 38.2 Å². The first-order chi connectivity index (χ1) is 14.0. The molecule has 1 fully saturated rings. The molecule has 2 aromatic rings. The van der Waals surface area contributed by atoms with Gasteiger partial charge in [-0.2, -0.15) is 0 Å². The molecule has 0 aliphatic carbocycles. The lowest BCUT2D eigenvalue weighted by atomic mass is 10.2. The number of rotatable bonds is 9. The van der Waals surface area contributed by atoms with E-state index in [0.717, 1.165) is 18.5 Å². The van der Waals surface area contributed by atoms with Crippen LogP contribution in [0.3, 0.4) is 0 Å². The maximum atomic E-state index is 12.5. The average Bonchev–Trinajstić information content (AvgIpc) is 3.15. The summed E-state index contributed by atoms with van der Waals surface area (Å²) in [5, 5.41) is 2.78. The first-order valence-electron chi connectivity index (χ1n) is 9.65. The van der Waals surface area contributed by atoms with Gasteiger partial charge in [-0.15, -0.1) is 0 Å². The van der Waals surface area contributed by atoms with Crippen LogP contribution in [0.1, 0.15) is 35.2 Å². The predicted octanol–water partition coefficient (Wildman–Crippen LogP) is 1.91. The number of hydrogen-bond acceptors (Lipinski definition) is 4. The van der Waals surface area contributed by atoms with Gasteiger partial charge in [0.2, 0.25) is 15.9 Å². The van der Waals surface area contributed by atoms with Gasteiger partial charge >= 0.3 is 0 Å². The van der Waals surface area contributed by atoms with Crippen LogP contribution < -0.4 is 10.0 Å². The Labute approximate surface area is 171 Å². The number of sulfonamides is 1. The van der Waals surface area contributed by atoms with Crippen LogP contribution in [0.5, 0.6) is 0 Å². The Morgan fingerprint density at radius 1 is 1.07 bits per heavy atom. The first kappa shape index (κ1) is 21.0. The van der Waals surface area contributed by atoms with Gasteiger partial charge in [-0.05, 0) is 36.6 Å². The van der Waals surface area contributed by atoms with Crippen LogP contribution in [0.2, 0.25) is 0 Å². The predicted molar refractivity (Wildman–Crippen MR) is 110 cm³/mol. The molecule has 2 aromatic carbocycles. The number of carbonyl (C=O) groups excluding carboxylic acids is 2. The van der Waals surface area contributed by atoms with Crippen molar-refractivity contribution in [1.82, 2.24) is 14.9 Å². The van der Waals surface area contributed by atoms with Crippen molar-refractivity contribution >= 4 is 21.8 Å². The summed E-state index contributed by atoms with van der Waals surface area (Å²) in [6.07, 6.45) is 2.16. The summed E-state index contributed by atoms with van der Waals surface area (Å²) in [5.74, 6) is -0.171. The molecule has 1 aliphatic heterocycles. The molecule has 0 unspecified atom stereocenters. The molecule has 2 N–H and O–H groups in total. The average molecular weight is 416 g/mol. The lowest BCUT2D eigenvalue weighted by Crippen LogP contribution is -2.30. The lowest BCUT2D eigenvalue weighted by molar-refractivity contribution is -0.127. The maximum absolute atomic E-state index is 12.5. The van der Waals surface area contributed by atoms with E-state index in [1.54, 1.807) is 17.0 Å². The Hall–Kier alpha value is -2.71. The van der Waals surface area contributed by atoms with Crippen molar-refractivity contribution in [3.8, 4) is 0 Å². The normalized spacial score (nSPS) is 14.2. The van der Waals surface area contributed by atoms with Crippen molar-refractivity contribution in [1.29, 1.82) is 0 Å². The standard InChI is InChI=1S/C21H25N3O4S/c25-20-11-5-13-24(20)14-6-12-22-21(26)18-9-4-10-19(15-18)29(27,28)23-16-17-7-2-1-3-8-17/h1-4,7-10,15,23H,5-6,11-14,16H2,(H,22,26). The molecule has 1 saturated heterocycles. The molecule has 7 nitrogen and oxygen atoms in total. The fourth-order valence-electron chi connectivity index (χ4n) is 3.18. The number of hydrogen-bond donors (Lipinski definition) is 2. The van der Waals surface area contributed by atoms with E-state index < -0.39 is 10.0 Å². The quantitative estimate of drug-likeness (QED) is 0.612. The highest BCUT2D eigenvalue weighted by Crippen LogP contribution is 2.13. The number of nitrogens with one attached hydrogen (secondary N) is 2. The SMILES string of the molecule is O=C(NCCCN1CCCC1=O)c1cccc(S(=O)(=O)NCc2ccccc2)c1. The van der Waals surface area contributed by atoms with Crippen molar-refractivity contribution in [2.24, 2.45) is 0 Å². The Bertz CT molecular complexity index is 961. The topological polar surface area (TPSA) is 95.6 Å². The molecule has 29 heavy (non-hydrogen) atoms. The summed E-state index contributed by atoms with van der Waals surface area (Å²) in [4.78, 5) is 25.8. The molecule has 0 bridgehead atoms. The van der Waals surface area contributed by atoms with Gasteiger partial charge < -0.3 is 10.2 Å². The molecule has 0 atom stereocenters. The van der Waals surface area contributed by atoms with Crippen LogP contribution in [0, 0.1) is 0 Å². The van der Waals surface area contributed by atoms with Gasteiger partial charge in [-0.25, -0.2) is 13.1 Å². The number of nitrogens with zero attached hydrogens (tertiary/aromatic N) is 1. The second-order valence-electron chi connectivity index (χ2n) is 6.93. The van der Waals surface area contributed by atoms with E-state index in [1.165, 1.54) is 12.1 Å². The van der Waals surface area contributed by atoms with Crippen molar-refractivity contribution < 1.29 is 18.0 Å². The molecule has 0 saturated carbocycles. The van der Waals surface area contributed by atoms with Crippen molar-refractivity contribution in [2.45, 2.75) is 30.7 Å². The number of amides is 2. The molecular weight excluding hydrogens is 390 g/mol. The summed E-state index contributed by atoms with van der Waals surface area (Å²) in [6.45, 7) is 2.00. The number of likely N-dealkylation sites (tertiary alicyclic amines) is 1. The van der Waals surface area contributed by atoms with E-state index in [0.29, 0.717) is 25.9 Å². The number of benzene rings is 2. The fraction of sp³-hybridized carbons (Fsp3) is 0.333. The molecule has 0 aromatic heterocycles. The van der Waals surface area contributed by atoms with E-state index >= 15 is 0 Å². The molecule has 0 radical (unpaired) electrons. The summed E-state index contributed by atoms with van der Waals surface area (Å²) >= 11 is 0. The zero-order chi connectivity index (χ0) is 20.7. The Morgan fingerprint density at radius 2 is 1.86 bits per heavy atom. The third kappa shape index (κ3) is 5.88. The van der Waals surface area contributed by atoms with Gasteiger partial charge in [0.25, 0.3) is 5.91 Å². The van der Waals surface area contributed by atoms with Crippen molar-refractivity contribution in [3.63, 3.8) is 0 Å². The Morgan fingerprint density at radius 3 is 2.59 bits per heavy atom. The minimum absolute atomic E-state index is 0.0451. The zero-order valence-electron chi connectivity index (χ0n) is 16.1. The highest BCUT2D eigenvalue weighted by molar-refractivity contribution is 7.89. The molecule has 2 amide bonds. The first-order valence-corrected chi connectivity index (χ1v) is 11.1. The van der Waals surface area contributed by atoms with Gasteiger partial charge in [0.15, 0.2) is 0 Å². The molecule has 154 valence electrons. The van der Waals surface area contributed by atoms with E-state index in [1.807, 2.05) is 30.3 Å². The molecule has 1 aliphatic rings. The van der Waals surface area contributed by atoms with Crippen LogP contribution >= 0.6 is 0 Å². The summed E-state index contributed by atoms with van der Waals surface area (Å²) in [5.41, 5.74) is 1.13. The third-order valence-corrected chi connectivity index (χ3v) is 6.18. The van der Waals surface area contributed by atoms with Crippen molar-refractivity contribution in [2.75, 3.05) is 19.6 Å². The van der Waals surface area contributed by atoms with E-state index in [9.17, 15) is 18.0 Å². The zero-order valence-corrected chi connectivity index (χ0v) is 17.0. The minimum Gasteiger partial charge on any atom is -0.352 e. The maximum Gasteiger partial charge on any atom is 0.251 e.